The van der Waals surface area contributed by atoms with Gasteiger partial charge in [0, 0.05) is 31.2 Å². The fraction of sp³-hybridized carbons (Fsp3) is 0.500. The van der Waals surface area contributed by atoms with Gasteiger partial charge in [0.25, 0.3) is 5.91 Å². The van der Waals surface area contributed by atoms with E-state index in [1.807, 2.05) is 0 Å². The zero-order chi connectivity index (χ0) is 20.2. The number of anilines is 1. The molecule has 0 saturated carbocycles. The number of amides is 1. The van der Waals surface area contributed by atoms with Crippen molar-refractivity contribution in [3.8, 4) is 0 Å². The number of carbonyl (C=O) groups is 1. The quantitative estimate of drug-likeness (QED) is 0.168. The molecule has 1 saturated heterocycles. The number of rotatable bonds is 7. The highest BCUT2D eigenvalue weighted by molar-refractivity contribution is 8.05. The van der Waals surface area contributed by atoms with Gasteiger partial charge in [-0.15, -0.1) is 0 Å². The summed E-state index contributed by atoms with van der Waals surface area (Å²) < 4.78 is 37.6. The van der Waals surface area contributed by atoms with Crippen molar-refractivity contribution in [3.05, 3.63) is 28.6 Å². The molecule has 2 heterocycles. The molecule has 8 nitrogen and oxygen atoms in total. The monoisotopic (exact) mass is 425 g/mol. The average Bonchev–Trinajstić information content (AvgIpc) is 2.54. The summed E-state index contributed by atoms with van der Waals surface area (Å²) in [7, 11) is 1.64. The van der Waals surface area contributed by atoms with Gasteiger partial charge in [0.2, 0.25) is 5.95 Å². The molecule has 1 aliphatic rings. The minimum Gasteiger partial charge on any atom is -0.401 e. The molecule has 1 atom stereocenters. The van der Waals surface area contributed by atoms with Crippen LogP contribution in [0.3, 0.4) is 0 Å². The summed E-state index contributed by atoms with van der Waals surface area (Å²) in [5.41, 5.74) is 10.5. The van der Waals surface area contributed by atoms with E-state index in [9.17, 15) is 18.0 Å². The molecular weight excluding hydrogens is 407 g/mol. The second-order valence-corrected chi connectivity index (χ2v) is 7.50. The van der Waals surface area contributed by atoms with Gasteiger partial charge in [-0.3, -0.25) is 10.2 Å². The summed E-state index contributed by atoms with van der Waals surface area (Å²) in [5.74, 6) is -0.200. The number of nitrogens with zero attached hydrogens (tertiary/aromatic N) is 3. The summed E-state index contributed by atoms with van der Waals surface area (Å²) in [4.78, 5) is 21.1. The molecule has 1 aromatic rings. The van der Waals surface area contributed by atoms with E-state index in [0.29, 0.717) is 18.8 Å². The summed E-state index contributed by atoms with van der Waals surface area (Å²) in [6.45, 7) is 2.34. The molecule has 0 aromatic carbocycles. The Balaban J connectivity index is 1.88. The number of thioether (sulfide) groups is 1. The van der Waals surface area contributed by atoms with Crippen molar-refractivity contribution in [2.45, 2.75) is 24.0 Å². The zero-order valence-electron chi connectivity index (χ0n) is 14.5. The predicted molar refractivity (Wildman–Crippen MR) is 97.5 cm³/mol. The zero-order valence-corrected chi connectivity index (χ0v) is 16.0. The van der Waals surface area contributed by atoms with Crippen LogP contribution in [0, 0.1) is 0 Å². The highest BCUT2D eigenvalue weighted by Crippen LogP contribution is 2.29. The van der Waals surface area contributed by atoms with Crippen LogP contribution in [0.4, 0.5) is 19.1 Å². The molecule has 1 unspecified atom stereocenters. The second kappa shape index (κ2) is 8.95. The number of hydrogen-bond donors (Lipinski definition) is 4. The van der Waals surface area contributed by atoms with Crippen LogP contribution in [-0.4, -0.2) is 46.9 Å². The smallest absolute Gasteiger partial charge is 0.401 e. The predicted octanol–water partition coefficient (Wildman–Crippen LogP) is 0.970. The third-order valence-electron chi connectivity index (χ3n) is 3.51. The van der Waals surface area contributed by atoms with Gasteiger partial charge in [0.05, 0.1) is 16.5 Å². The Hall–Kier alpha value is -1.76. The Morgan fingerprint density at radius 2 is 2.00 bits per heavy atom. The summed E-state index contributed by atoms with van der Waals surface area (Å²) >= 11 is 7.06. The number of aromatic nitrogens is 2. The molecule has 1 aliphatic heterocycles. The number of hydrogen-bond acceptors (Lipinski definition) is 8. The van der Waals surface area contributed by atoms with Gasteiger partial charge in [-0.25, -0.2) is 15.4 Å². The maximum absolute atomic E-state index is 12.5. The molecule has 0 spiro atoms. The molecule has 150 valence electrons. The lowest BCUT2D eigenvalue weighted by Crippen LogP contribution is -2.60. The second-order valence-electron chi connectivity index (χ2n) is 5.69. The van der Waals surface area contributed by atoms with Crippen molar-refractivity contribution in [3.63, 3.8) is 0 Å². The lowest BCUT2D eigenvalue weighted by Gasteiger charge is -2.39. The number of carbonyl (C=O) groups excluding carboxylic acids is 1. The van der Waals surface area contributed by atoms with Gasteiger partial charge in [0.1, 0.15) is 4.83 Å². The van der Waals surface area contributed by atoms with Gasteiger partial charge in [-0.2, -0.15) is 13.2 Å². The van der Waals surface area contributed by atoms with Gasteiger partial charge in [0.15, 0.2) is 0 Å². The Labute approximate surface area is 163 Å². The van der Waals surface area contributed by atoms with Crippen LogP contribution in [-0.2, 0) is 11.0 Å². The first-order valence-electron chi connectivity index (χ1n) is 7.76. The molecule has 5 N–H and O–H groups in total. The van der Waals surface area contributed by atoms with E-state index in [-0.39, 0.29) is 22.8 Å². The van der Waals surface area contributed by atoms with Gasteiger partial charge >= 0.3 is 6.18 Å². The maximum Gasteiger partial charge on any atom is 0.419 e. The standard InChI is InChI=1S/C14H19ClF3N7OS/c1-7(19)10(27-12(15)24-20-2)11(26)23-9-5-25(6-9)13-21-3-8(4-22-13)14(16,17)18/h3-4,9,12,20,24H,5-6,19H2,1-2H3,(H,23,26)/b10-7+. The summed E-state index contributed by atoms with van der Waals surface area (Å²) in [5, 5.41) is 2.80. The van der Waals surface area contributed by atoms with Crippen LogP contribution in [0.15, 0.2) is 23.0 Å². The number of halogens is 4. The topological polar surface area (TPSA) is 108 Å². The minimum absolute atomic E-state index is 0.174. The lowest BCUT2D eigenvalue weighted by molar-refractivity contribution is -0.138. The van der Waals surface area contributed by atoms with Crippen LogP contribution >= 0.6 is 23.4 Å². The fourth-order valence-electron chi connectivity index (χ4n) is 2.19. The Morgan fingerprint density at radius 3 is 2.48 bits per heavy atom. The fourth-order valence-corrected chi connectivity index (χ4v) is 3.30. The average molecular weight is 426 g/mol. The molecule has 1 aromatic heterocycles. The molecule has 13 heteroatoms. The lowest BCUT2D eigenvalue weighted by atomic mass is 10.1. The highest BCUT2D eigenvalue weighted by Gasteiger charge is 2.34. The normalized spacial score (nSPS) is 17.2. The molecule has 0 aliphatic carbocycles. The van der Waals surface area contributed by atoms with Crippen LogP contribution in [0.25, 0.3) is 0 Å². The largest absolute Gasteiger partial charge is 0.419 e. The molecule has 27 heavy (non-hydrogen) atoms. The van der Waals surface area contributed by atoms with E-state index >= 15 is 0 Å². The first-order valence-corrected chi connectivity index (χ1v) is 9.07. The summed E-state index contributed by atoms with van der Waals surface area (Å²) in [6, 6.07) is -0.204. The maximum atomic E-state index is 12.5. The van der Waals surface area contributed by atoms with Gasteiger partial charge in [-0.1, -0.05) is 23.4 Å². The van der Waals surface area contributed by atoms with Crippen molar-refractivity contribution in [2.75, 3.05) is 25.0 Å². The van der Waals surface area contributed by atoms with Crippen molar-refractivity contribution >= 4 is 35.2 Å². The highest BCUT2D eigenvalue weighted by atomic mass is 35.5. The van der Waals surface area contributed by atoms with Crippen molar-refractivity contribution in [2.24, 2.45) is 5.73 Å². The van der Waals surface area contributed by atoms with E-state index < -0.39 is 16.6 Å². The molecule has 0 bridgehead atoms. The molecular formula is C14H19ClF3N7OS. The van der Waals surface area contributed by atoms with Gasteiger partial charge in [-0.05, 0) is 14.0 Å². The number of allylic oxidation sites excluding steroid dienone is 1. The van der Waals surface area contributed by atoms with E-state index in [1.165, 1.54) is 0 Å². The van der Waals surface area contributed by atoms with Crippen LogP contribution in [0.5, 0.6) is 0 Å². The first-order chi connectivity index (χ1) is 12.6. The third-order valence-corrected chi connectivity index (χ3v) is 4.95. The third kappa shape index (κ3) is 5.86. The van der Waals surface area contributed by atoms with Crippen LogP contribution in [0.2, 0.25) is 0 Å². The number of alkyl halides is 4. The molecule has 1 fully saturated rings. The van der Waals surface area contributed by atoms with E-state index in [0.717, 1.165) is 24.2 Å². The van der Waals surface area contributed by atoms with Crippen molar-refractivity contribution in [1.82, 2.24) is 26.1 Å². The first kappa shape index (κ1) is 21.5. The van der Waals surface area contributed by atoms with Crippen molar-refractivity contribution < 1.29 is 18.0 Å². The number of nitrogens with one attached hydrogen (secondary N) is 3. The van der Waals surface area contributed by atoms with E-state index in [4.69, 9.17) is 17.3 Å². The van der Waals surface area contributed by atoms with E-state index in [1.54, 1.807) is 18.9 Å². The Kier molecular flexibility index (Phi) is 7.14. The minimum atomic E-state index is -4.48. The van der Waals surface area contributed by atoms with Crippen LogP contribution in [0.1, 0.15) is 12.5 Å². The SMILES string of the molecule is CNNC(Cl)S/C(C(=O)NC1CN(c2ncc(C(F)(F)F)cn2)C1)=C(\C)N. The van der Waals surface area contributed by atoms with E-state index in [2.05, 4.69) is 26.1 Å². The molecule has 1 amide bonds. The molecule has 2 rings (SSSR count). The number of nitrogens with two attached hydrogens (primary N) is 1. The van der Waals surface area contributed by atoms with Crippen LogP contribution < -0.4 is 26.8 Å². The summed E-state index contributed by atoms with van der Waals surface area (Å²) in [6.07, 6.45) is -3.01. The van der Waals surface area contributed by atoms with Gasteiger partial charge < -0.3 is 16.0 Å². The molecule has 0 radical (unpaired) electrons. The van der Waals surface area contributed by atoms with Crippen molar-refractivity contribution in [1.29, 1.82) is 0 Å². The Morgan fingerprint density at radius 1 is 1.41 bits per heavy atom. The Bertz CT molecular complexity index is 691. The number of hydrazine groups is 1.